The molecule has 1 aromatic heterocycles. The number of hydrogen-bond donors (Lipinski definition) is 0. The van der Waals surface area contributed by atoms with Gasteiger partial charge in [0.15, 0.2) is 0 Å². The molecular weight excluding hydrogens is 282 g/mol. The standard InChI is InChI=1S/C16H25N3O3/c1-16(2,3)22-15(20)19-8-4-5-13(10-19)11-21-12-14-9-17-6-7-18-14/h6-7,9,13H,4-5,8,10-12H2,1-3H3/t13-/m0/s1. The van der Waals surface area contributed by atoms with Crippen molar-refractivity contribution in [3.63, 3.8) is 0 Å². The molecule has 2 rings (SSSR count). The van der Waals surface area contributed by atoms with E-state index in [-0.39, 0.29) is 6.09 Å². The number of likely N-dealkylation sites (tertiary alicyclic amines) is 1. The Balaban J connectivity index is 1.75. The highest BCUT2D eigenvalue weighted by molar-refractivity contribution is 5.68. The van der Waals surface area contributed by atoms with E-state index in [9.17, 15) is 4.79 Å². The minimum Gasteiger partial charge on any atom is -0.444 e. The Hall–Kier alpha value is -1.69. The van der Waals surface area contributed by atoms with Gasteiger partial charge in [-0.15, -0.1) is 0 Å². The van der Waals surface area contributed by atoms with E-state index in [1.54, 1.807) is 23.5 Å². The molecule has 6 heteroatoms. The first kappa shape index (κ1) is 16.7. The van der Waals surface area contributed by atoms with E-state index in [2.05, 4.69) is 9.97 Å². The van der Waals surface area contributed by atoms with Crippen LogP contribution in [-0.2, 0) is 16.1 Å². The van der Waals surface area contributed by atoms with Gasteiger partial charge in [0, 0.05) is 31.4 Å². The molecule has 0 aromatic carbocycles. The van der Waals surface area contributed by atoms with Crippen molar-refractivity contribution in [2.24, 2.45) is 5.92 Å². The van der Waals surface area contributed by atoms with Gasteiger partial charge in [-0.2, -0.15) is 0 Å². The Morgan fingerprint density at radius 2 is 2.23 bits per heavy atom. The zero-order valence-corrected chi connectivity index (χ0v) is 13.6. The van der Waals surface area contributed by atoms with Crippen molar-refractivity contribution in [2.45, 2.75) is 45.8 Å². The molecule has 0 bridgehead atoms. The quantitative estimate of drug-likeness (QED) is 0.855. The van der Waals surface area contributed by atoms with E-state index in [0.29, 0.717) is 25.7 Å². The van der Waals surface area contributed by atoms with Crippen LogP contribution >= 0.6 is 0 Å². The molecule has 6 nitrogen and oxygen atoms in total. The van der Waals surface area contributed by atoms with Crippen molar-refractivity contribution in [3.8, 4) is 0 Å². The Labute approximate surface area is 131 Å². The number of nitrogens with zero attached hydrogens (tertiary/aromatic N) is 3. The van der Waals surface area contributed by atoms with E-state index in [0.717, 1.165) is 25.1 Å². The van der Waals surface area contributed by atoms with Gasteiger partial charge in [-0.25, -0.2) is 4.79 Å². The lowest BCUT2D eigenvalue weighted by atomic mass is 9.99. The maximum Gasteiger partial charge on any atom is 0.410 e. The lowest BCUT2D eigenvalue weighted by molar-refractivity contribution is 0.00566. The van der Waals surface area contributed by atoms with E-state index >= 15 is 0 Å². The summed E-state index contributed by atoms with van der Waals surface area (Å²) in [4.78, 5) is 22.1. The highest BCUT2D eigenvalue weighted by Gasteiger charge is 2.27. The number of piperidine rings is 1. The average molecular weight is 307 g/mol. The van der Waals surface area contributed by atoms with Crippen LogP contribution in [0, 0.1) is 5.92 Å². The summed E-state index contributed by atoms with van der Waals surface area (Å²) in [5.41, 5.74) is 0.370. The number of carbonyl (C=O) groups is 1. The second kappa shape index (κ2) is 7.54. The molecular formula is C16H25N3O3. The fourth-order valence-electron chi connectivity index (χ4n) is 2.43. The third-order valence-corrected chi connectivity index (χ3v) is 3.39. The number of ether oxygens (including phenoxy) is 2. The molecule has 122 valence electrons. The summed E-state index contributed by atoms with van der Waals surface area (Å²) < 4.78 is 11.1. The Morgan fingerprint density at radius 3 is 2.91 bits per heavy atom. The van der Waals surface area contributed by atoms with Crippen molar-refractivity contribution < 1.29 is 14.3 Å². The van der Waals surface area contributed by atoms with Crippen LogP contribution in [0.4, 0.5) is 4.79 Å². The summed E-state index contributed by atoms with van der Waals surface area (Å²) in [6, 6.07) is 0. The van der Waals surface area contributed by atoms with Crippen molar-refractivity contribution in [3.05, 3.63) is 24.3 Å². The van der Waals surface area contributed by atoms with E-state index < -0.39 is 5.60 Å². The molecule has 1 aromatic rings. The van der Waals surface area contributed by atoms with Gasteiger partial charge in [-0.1, -0.05) is 0 Å². The highest BCUT2D eigenvalue weighted by atomic mass is 16.6. The summed E-state index contributed by atoms with van der Waals surface area (Å²) >= 11 is 0. The van der Waals surface area contributed by atoms with Crippen LogP contribution in [0.2, 0.25) is 0 Å². The second-order valence-electron chi connectivity index (χ2n) is 6.65. The van der Waals surface area contributed by atoms with Crippen LogP contribution in [0.15, 0.2) is 18.6 Å². The van der Waals surface area contributed by atoms with Crippen LogP contribution in [0.3, 0.4) is 0 Å². The van der Waals surface area contributed by atoms with Crippen molar-refractivity contribution in [1.29, 1.82) is 0 Å². The summed E-state index contributed by atoms with van der Waals surface area (Å²) in [6.45, 7) is 8.18. The van der Waals surface area contributed by atoms with Crippen LogP contribution in [0.25, 0.3) is 0 Å². The first-order chi connectivity index (χ1) is 10.4. The Bertz CT molecular complexity index is 473. The van der Waals surface area contributed by atoms with Gasteiger partial charge in [0.05, 0.1) is 25.1 Å². The molecule has 1 amide bonds. The monoisotopic (exact) mass is 307 g/mol. The molecule has 0 N–H and O–H groups in total. The molecule has 1 atom stereocenters. The number of hydrogen-bond acceptors (Lipinski definition) is 5. The first-order valence-corrected chi connectivity index (χ1v) is 7.74. The zero-order valence-electron chi connectivity index (χ0n) is 13.6. The lowest BCUT2D eigenvalue weighted by Gasteiger charge is -2.34. The molecule has 1 aliphatic heterocycles. The molecule has 0 spiro atoms. The fourth-order valence-corrected chi connectivity index (χ4v) is 2.43. The van der Waals surface area contributed by atoms with E-state index in [1.807, 2.05) is 20.8 Å². The molecule has 0 unspecified atom stereocenters. The smallest absolute Gasteiger partial charge is 0.410 e. The van der Waals surface area contributed by atoms with Crippen molar-refractivity contribution in [1.82, 2.24) is 14.9 Å². The maximum absolute atomic E-state index is 12.1. The van der Waals surface area contributed by atoms with Gasteiger partial charge in [0.1, 0.15) is 5.60 Å². The Morgan fingerprint density at radius 1 is 1.41 bits per heavy atom. The third-order valence-electron chi connectivity index (χ3n) is 3.39. The highest BCUT2D eigenvalue weighted by Crippen LogP contribution is 2.19. The number of rotatable bonds is 4. The summed E-state index contributed by atoms with van der Waals surface area (Å²) in [5, 5.41) is 0. The van der Waals surface area contributed by atoms with Gasteiger partial charge in [0.25, 0.3) is 0 Å². The maximum atomic E-state index is 12.1. The largest absolute Gasteiger partial charge is 0.444 e. The number of amides is 1. The molecule has 0 saturated carbocycles. The fraction of sp³-hybridized carbons (Fsp3) is 0.688. The van der Waals surface area contributed by atoms with E-state index in [1.165, 1.54) is 0 Å². The van der Waals surface area contributed by atoms with Crippen molar-refractivity contribution in [2.75, 3.05) is 19.7 Å². The topological polar surface area (TPSA) is 64.5 Å². The molecule has 22 heavy (non-hydrogen) atoms. The summed E-state index contributed by atoms with van der Waals surface area (Å²) in [5.74, 6) is 0.345. The number of carbonyl (C=O) groups excluding carboxylic acids is 1. The van der Waals surface area contributed by atoms with E-state index in [4.69, 9.17) is 9.47 Å². The predicted molar refractivity (Wildman–Crippen MR) is 82.2 cm³/mol. The summed E-state index contributed by atoms with van der Waals surface area (Å²) in [6.07, 6.45) is 6.82. The molecule has 1 aliphatic rings. The normalized spacial score (nSPS) is 19.0. The van der Waals surface area contributed by atoms with Crippen LogP contribution in [0.5, 0.6) is 0 Å². The summed E-state index contributed by atoms with van der Waals surface area (Å²) in [7, 11) is 0. The molecule has 0 aliphatic carbocycles. The molecule has 1 saturated heterocycles. The van der Waals surface area contributed by atoms with Crippen LogP contribution < -0.4 is 0 Å². The Kier molecular flexibility index (Phi) is 5.71. The lowest BCUT2D eigenvalue weighted by Crippen LogP contribution is -2.43. The second-order valence-corrected chi connectivity index (χ2v) is 6.65. The van der Waals surface area contributed by atoms with Crippen molar-refractivity contribution >= 4 is 6.09 Å². The van der Waals surface area contributed by atoms with Gasteiger partial charge in [-0.05, 0) is 33.6 Å². The van der Waals surface area contributed by atoms with Gasteiger partial charge >= 0.3 is 6.09 Å². The minimum atomic E-state index is -0.452. The zero-order chi connectivity index (χ0) is 16.0. The number of aromatic nitrogens is 2. The van der Waals surface area contributed by atoms with Gasteiger partial charge < -0.3 is 14.4 Å². The van der Waals surface area contributed by atoms with Gasteiger partial charge in [0.2, 0.25) is 0 Å². The molecule has 2 heterocycles. The van der Waals surface area contributed by atoms with Crippen LogP contribution in [0.1, 0.15) is 39.3 Å². The predicted octanol–water partition coefficient (Wildman–Crippen LogP) is 2.64. The average Bonchev–Trinajstić information content (AvgIpc) is 2.47. The third kappa shape index (κ3) is 5.60. The SMILES string of the molecule is CC(C)(C)OC(=O)N1CCC[C@H](COCc2cnccn2)C1. The first-order valence-electron chi connectivity index (χ1n) is 7.74. The van der Waals surface area contributed by atoms with Crippen LogP contribution in [-0.4, -0.2) is 46.3 Å². The molecule has 0 radical (unpaired) electrons. The minimum absolute atomic E-state index is 0.230. The van der Waals surface area contributed by atoms with Gasteiger partial charge in [-0.3, -0.25) is 9.97 Å². The molecule has 1 fully saturated rings.